The molecule has 0 aliphatic carbocycles. The lowest BCUT2D eigenvalue weighted by molar-refractivity contribution is -0.0412. The van der Waals surface area contributed by atoms with Crippen LogP contribution < -0.4 is 15.0 Å². The Balaban J connectivity index is 1.15. The lowest BCUT2D eigenvalue weighted by Crippen LogP contribution is -2.53. The van der Waals surface area contributed by atoms with Gasteiger partial charge in [0.25, 0.3) is 5.91 Å². The number of nitrogens with zero attached hydrogens (tertiary/aromatic N) is 8. The van der Waals surface area contributed by atoms with E-state index in [0.29, 0.717) is 78.0 Å². The fraction of sp³-hybridized carbons (Fsp3) is 0.367. The van der Waals surface area contributed by atoms with Crippen molar-refractivity contribution in [2.45, 2.75) is 31.4 Å². The number of rotatable bonds is 7. The zero-order chi connectivity index (χ0) is 31.6. The molecule has 232 valence electrons. The normalized spacial score (nSPS) is 17.9. The lowest BCUT2D eigenvalue weighted by atomic mass is 9.89. The van der Waals surface area contributed by atoms with E-state index in [-0.39, 0.29) is 24.8 Å². The van der Waals surface area contributed by atoms with E-state index in [1.54, 1.807) is 47.5 Å². The van der Waals surface area contributed by atoms with Gasteiger partial charge in [-0.2, -0.15) is 10.4 Å². The number of pyridine rings is 2. The first-order valence-electron chi connectivity index (χ1n) is 14.4. The molecule has 1 unspecified atom stereocenters. The number of fused-ring (bicyclic) bond motifs is 1. The zero-order valence-corrected chi connectivity index (χ0v) is 25.1. The van der Waals surface area contributed by atoms with Crippen molar-refractivity contribution < 1.29 is 24.2 Å². The van der Waals surface area contributed by atoms with Crippen LogP contribution in [-0.4, -0.2) is 97.6 Å². The van der Waals surface area contributed by atoms with E-state index in [4.69, 9.17) is 21.1 Å². The molecule has 4 aromatic rings. The average Bonchev–Trinajstić information content (AvgIpc) is 3.47. The van der Waals surface area contributed by atoms with Crippen LogP contribution in [0.15, 0.2) is 49.2 Å². The molecule has 15 heteroatoms. The highest BCUT2D eigenvalue weighted by Gasteiger charge is 2.33. The molecule has 0 bridgehead atoms. The number of carboxylic acid groups (broad SMARTS) is 1. The van der Waals surface area contributed by atoms with Crippen LogP contribution in [0.3, 0.4) is 0 Å². The Hall–Kier alpha value is -5.00. The third kappa shape index (κ3) is 6.45. The number of hydrogen-bond acceptors (Lipinski definition) is 10. The minimum Gasteiger partial charge on any atom is -0.489 e. The van der Waals surface area contributed by atoms with Gasteiger partial charge in [-0.15, -0.1) is 0 Å². The smallest absolute Gasteiger partial charge is 0.407 e. The van der Waals surface area contributed by atoms with Crippen LogP contribution in [0.1, 0.15) is 35.8 Å². The zero-order valence-electron chi connectivity index (χ0n) is 24.4. The molecular weight excluding hydrogens is 602 g/mol. The summed E-state index contributed by atoms with van der Waals surface area (Å²) in [7, 11) is 0. The highest BCUT2D eigenvalue weighted by atomic mass is 35.5. The van der Waals surface area contributed by atoms with E-state index in [9.17, 15) is 20.0 Å². The first-order valence-corrected chi connectivity index (χ1v) is 14.7. The van der Waals surface area contributed by atoms with E-state index in [1.807, 2.05) is 6.92 Å². The maximum Gasteiger partial charge on any atom is 0.407 e. The quantitative estimate of drug-likeness (QED) is 0.307. The number of morpholine rings is 1. The van der Waals surface area contributed by atoms with Crippen molar-refractivity contribution in [1.29, 1.82) is 5.26 Å². The highest BCUT2D eigenvalue weighted by molar-refractivity contribution is 6.33. The molecule has 1 atom stereocenters. The minimum absolute atomic E-state index is 0.134. The molecule has 2 aliphatic rings. The van der Waals surface area contributed by atoms with Crippen molar-refractivity contribution in [3.63, 3.8) is 0 Å². The summed E-state index contributed by atoms with van der Waals surface area (Å²) in [5, 5.41) is 26.7. The van der Waals surface area contributed by atoms with Crippen molar-refractivity contribution in [2.24, 2.45) is 0 Å². The largest absolute Gasteiger partial charge is 0.489 e. The molecule has 0 saturated carbocycles. The summed E-state index contributed by atoms with van der Waals surface area (Å²) in [6.07, 6.45) is 7.96. The number of piperidine rings is 1. The van der Waals surface area contributed by atoms with Crippen LogP contribution in [0, 0.1) is 11.3 Å². The third-order valence-electron chi connectivity index (χ3n) is 8.05. The number of hydrogen-bond donors (Lipinski definition) is 2. The summed E-state index contributed by atoms with van der Waals surface area (Å²) < 4.78 is 13.2. The number of carbonyl (C=O) groups is 2. The van der Waals surface area contributed by atoms with Crippen molar-refractivity contribution in [3.8, 4) is 23.1 Å². The molecule has 2 aliphatic heterocycles. The molecule has 4 aromatic heterocycles. The average molecular weight is 632 g/mol. The number of nitrogens with one attached hydrogen (secondary N) is 1. The standard InChI is InChI=1S/C30H30ClN9O5/c1-30(37-28(41)26-23(31)3-2-6-33-26)4-7-38(8-5-30)25-15-34-24(14-35-25)22-11-20(17-40-27(22)19(12-32)13-36-40)45-18-21-16-39(29(42)43)9-10-44-21/h2-3,6,11,13-15,17,21H,4-5,7-10,16,18H2,1H3,(H,37,41)(H,42,43). The van der Waals surface area contributed by atoms with Crippen molar-refractivity contribution in [1.82, 2.24) is 34.8 Å². The van der Waals surface area contributed by atoms with Gasteiger partial charge < -0.3 is 29.7 Å². The number of anilines is 1. The van der Waals surface area contributed by atoms with Gasteiger partial charge in [0.15, 0.2) is 0 Å². The SMILES string of the molecule is CC1(NC(=O)c2ncccc2Cl)CCN(c2cnc(-c3cc(OCC4CN(C(=O)O)CCO4)cn4ncc(C#N)c34)cn2)CC1. The molecule has 45 heavy (non-hydrogen) atoms. The van der Waals surface area contributed by atoms with E-state index in [1.165, 1.54) is 11.1 Å². The van der Waals surface area contributed by atoms with Crippen LogP contribution in [0.5, 0.6) is 5.75 Å². The summed E-state index contributed by atoms with van der Waals surface area (Å²) in [6, 6.07) is 7.26. The van der Waals surface area contributed by atoms with Crippen LogP contribution in [0.4, 0.5) is 10.6 Å². The van der Waals surface area contributed by atoms with E-state index >= 15 is 0 Å². The van der Waals surface area contributed by atoms with Gasteiger partial charge in [-0.3, -0.25) is 9.78 Å². The molecular formula is C30H30ClN9O5. The first-order chi connectivity index (χ1) is 21.7. The molecule has 2 N–H and O–H groups in total. The van der Waals surface area contributed by atoms with Crippen LogP contribution >= 0.6 is 11.6 Å². The van der Waals surface area contributed by atoms with Crippen molar-refractivity contribution in [3.05, 3.63) is 65.5 Å². The second-order valence-electron chi connectivity index (χ2n) is 11.2. The van der Waals surface area contributed by atoms with E-state index < -0.39 is 17.7 Å². The molecule has 0 aromatic carbocycles. The second kappa shape index (κ2) is 12.5. The Morgan fingerprint density at radius 2 is 2.04 bits per heavy atom. The number of halogens is 1. The Kier molecular flexibility index (Phi) is 8.38. The number of carbonyl (C=O) groups excluding carboxylic acids is 1. The predicted octanol–water partition coefficient (Wildman–Crippen LogP) is 3.26. The van der Waals surface area contributed by atoms with Crippen LogP contribution in [0.25, 0.3) is 16.8 Å². The molecule has 6 heterocycles. The van der Waals surface area contributed by atoms with Crippen molar-refractivity contribution >= 4 is 34.9 Å². The Bertz CT molecular complexity index is 1770. The second-order valence-corrected chi connectivity index (χ2v) is 11.6. The molecule has 0 radical (unpaired) electrons. The number of nitriles is 1. The Morgan fingerprint density at radius 3 is 2.76 bits per heavy atom. The summed E-state index contributed by atoms with van der Waals surface area (Å²) >= 11 is 6.16. The van der Waals surface area contributed by atoms with Gasteiger partial charge in [-0.05, 0) is 38.0 Å². The fourth-order valence-corrected chi connectivity index (χ4v) is 5.71. The minimum atomic E-state index is -0.995. The van der Waals surface area contributed by atoms with Gasteiger partial charge in [0.2, 0.25) is 0 Å². The number of ether oxygens (including phenoxy) is 2. The van der Waals surface area contributed by atoms with Gasteiger partial charge in [0.1, 0.15) is 36.0 Å². The molecule has 2 fully saturated rings. The van der Waals surface area contributed by atoms with Gasteiger partial charge in [-0.1, -0.05) is 11.6 Å². The van der Waals surface area contributed by atoms with Crippen molar-refractivity contribution in [2.75, 3.05) is 44.3 Å². The predicted molar refractivity (Wildman–Crippen MR) is 162 cm³/mol. The van der Waals surface area contributed by atoms with Gasteiger partial charge in [-0.25, -0.2) is 19.3 Å². The Labute approximate surface area is 263 Å². The van der Waals surface area contributed by atoms with Gasteiger partial charge >= 0.3 is 6.09 Å². The van der Waals surface area contributed by atoms with E-state index in [0.717, 1.165) is 0 Å². The third-order valence-corrected chi connectivity index (χ3v) is 8.35. The number of amides is 2. The summed E-state index contributed by atoms with van der Waals surface area (Å²) in [5.41, 5.74) is 1.85. The molecule has 2 saturated heterocycles. The van der Waals surface area contributed by atoms with Gasteiger partial charge in [0.05, 0.1) is 59.7 Å². The summed E-state index contributed by atoms with van der Waals surface area (Å²) in [4.78, 5) is 41.0. The highest BCUT2D eigenvalue weighted by Crippen LogP contribution is 2.31. The first kappa shape index (κ1) is 30.0. The lowest BCUT2D eigenvalue weighted by Gasteiger charge is -2.40. The van der Waals surface area contributed by atoms with Crippen LogP contribution in [-0.2, 0) is 4.74 Å². The molecule has 0 spiro atoms. The number of aromatic nitrogens is 5. The molecule has 6 rings (SSSR count). The molecule has 14 nitrogen and oxygen atoms in total. The maximum atomic E-state index is 12.8. The maximum absolute atomic E-state index is 12.8. The summed E-state index contributed by atoms with van der Waals surface area (Å²) in [5.74, 6) is 0.842. The fourth-order valence-electron chi connectivity index (χ4n) is 5.50. The van der Waals surface area contributed by atoms with Crippen LogP contribution in [0.2, 0.25) is 5.02 Å². The Morgan fingerprint density at radius 1 is 1.22 bits per heavy atom. The van der Waals surface area contributed by atoms with Gasteiger partial charge in [0, 0.05) is 36.9 Å². The topological polar surface area (TPSA) is 171 Å². The summed E-state index contributed by atoms with van der Waals surface area (Å²) in [6.45, 7) is 4.26. The molecule has 2 amide bonds. The monoisotopic (exact) mass is 631 g/mol. The van der Waals surface area contributed by atoms with E-state index in [2.05, 4.69) is 36.3 Å².